The molecule has 0 radical (unpaired) electrons. The number of nitrogens with zero attached hydrogens (tertiary/aromatic N) is 2. The van der Waals surface area contributed by atoms with Gasteiger partial charge in [-0.3, -0.25) is 9.78 Å². The number of Topliss-reactive ketones (excluding diaryl/α,β-unsaturated/α-hetero) is 1. The third-order valence-electron chi connectivity index (χ3n) is 11.0. The van der Waals surface area contributed by atoms with Gasteiger partial charge in [0, 0.05) is 11.1 Å². The molecule has 70 heavy (non-hydrogen) atoms. The molecule has 3 nitrogen and oxygen atoms in total. The van der Waals surface area contributed by atoms with E-state index in [1.54, 1.807) is 6.20 Å². The van der Waals surface area contributed by atoms with Crippen molar-refractivity contribution in [1.82, 2.24) is 4.98 Å². The van der Waals surface area contributed by atoms with Crippen LogP contribution < -0.4 is 26.4 Å². The minimum Gasteiger partial charge on any atom is -0.287 e. The first-order valence-corrected chi connectivity index (χ1v) is 19.2. The highest BCUT2D eigenvalue weighted by atomic mass is 19.2. The second-order valence-electron chi connectivity index (χ2n) is 14.7. The van der Waals surface area contributed by atoms with Crippen molar-refractivity contribution in [3.8, 4) is 22.4 Å². The summed E-state index contributed by atoms with van der Waals surface area (Å²) in [5.41, 5.74) is -9.27. The Kier molecular flexibility index (Phi) is 13.6. The lowest BCUT2D eigenvalue weighted by atomic mass is 9.12. The Morgan fingerprint density at radius 1 is 0.386 bits per heavy atom. The van der Waals surface area contributed by atoms with E-state index in [-0.39, 0.29) is 12.3 Å². The van der Waals surface area contributed by atoms with E-state index in [1.165, 1.54) is 11.1 Å². The monoisotopic (exact) mass is 1000 g/mol. The van der Waals surface area contributed by atoms with Gasteiger partial charge in [-0.25, -0.2) is 87.8 Å². The molecule has 6 aromatic rings. The molecule has 0 spiro atoms. The average molecular weight is 1000 g/mol. The van der Waals surface area contributed by atoms with E-state index in [4.69, 9.17) is 0 Å². The summed E-state index contributed by atoms with van der Waals surface area (Å²) < 4.78 is 296. The Bertz CT molecular complexity index is 2980. The summed E-state index contributed by atoms with van der Waals surface area (Å²) in [6.07, 6.45) is -1.84. The van der Waals surface area contributed by atoms with Gasteiger partial charge in [0.1, 0.15) is 52.7 Å². The number of halogens is 20. The Balaban J connectivity index is 0.000000242. The number of rotatable bonds is 8. The van der Waals surface area contributed by atoms with Crippen molar-refractivity contribution in [1.29, 1.82) is 0 Å². The van der Waals surface area contributed by atoms with Gasteiger partial charge in [0.25, 0.3) is 0 Å². The van der Waals surface area contributed by atoms with E-state index in [0.29, 0.717) is 0 Å². The smallest absolute Gasteiger partial charge is 0.231 e. The molecule has 0 fully saturated rings. The van der Waals surface area contributed by atoms with Crippen LogP contribution in [0.25, 0.3) is 22.4 Å². The van der Waals surface area contributed by atoms with Gasteiger partial charge in [0.15, 0.2) is 76.0 Å². The number of hydrogen-bond donors (Lipinski definition) is 0. The minimum absolute atomic E-state index is 0.0839. The normalized spacial score (nSPS) is 11.5. The second kappa shape index (κ2) is 19.0. The van der Waals surface area contributed by atoms with Crippen LogP contribution in [0.4, 0.5) is 87.8 Å². The fraction of sp³-hybridized carbons (Fsp3) is 0.0217. The summed E-state index contributed by atoms with van der Waals surface area (Å²) >= 11 is 0. The van der Waals surface area contributed by atoms with Crippen LogP contribution in [0, 0.1) is 116 Å². The molecule has 8 rings (SSSR count). The third-order valence-corrected chi connectivity index (χ3v) is 11.0. The summed E-state index contributed by atoms with van der Waals surface area (Å²) in [7, 11) is 0. The number of benzene rings is 5. The van der Waals surface area contributed by atoms with E-state index in [0.717, 1.165) is 16.8 Å². The van der Waals surface area contributed by atoms with Crippen LogP contribution in [0.5, 0.6) is 0 Å². The van der Waals surface area contributed by atoms with Crippen LogP contribution in [-0.4, -0.2) is 16.9 Å². The number of aromatic nitrogens is 2. The zero-order valence-corrected chi connectivity index (χ0v) is 33.8. The van der Waals surface area contributed by atoms with Crippen LogP contribution in [0.1, 0.15) is 10.4 Å². The van der Waals surface area contributed by atoms with Crippen molar-refractivity contribution < 1.29 is 97.2 Å². The first kappa shape index (κ1) is 50.1. The summed E-state index contributed by atoms with van der Waals surface area (Å²) in [5, 5.41) is 0. The quantitative estimate of drug-likeness (QED) is 0.0380. The SMILES string of the molecule is Fc1c(F)c(F)c([B-](c2c(F)c(F)c(F)c(F)c2F)(c2c(F)c(F)c(F)c(F)c2F)c2c(F)c(F)c(F)c(F)c2F)c(F)c1F.O=C(C[n+]1ccncc1-c1cc2cccccc-2c1)c1ccccc1. The maximum atomic E-state index is 15.4. The predicted octanol–water partition coefficient (Wildman–Crippen LogP) is 9.87. The predicted molar refractivity (Wildman–Crippen MR) is 206 cm³/mol. The number of carbonyl (C=O) groups is 1. The molecule has 0 atom stereocenters. The first-order chi connectivity index (χ1) is 33.0. The Morgan fingerprint density at radius 2 is 0.671 bits per heavy atom. The van der Waals surface area contributed by atoms with Crippen LogP contribution in [0.3, 0.4) is 0 Å². The highest BCUT2D eigenvalue weighted by molar-refractivity contribution is 7.20. The largest absolute Gasteiger partial charge is 0.287 e. The zero-order chi connectivity index (χ0) is 51.4. The minimum atomic E-state index is -7.22. The number of ketones is 1. The summed E-state index contributed by atoms with van der Waals surface area (Å²) in [5.74, 6) is -71.3. The van der Waals surface area contributed by atoms with Crippen molar-refractivity contribution in [2.75, 3.05) is 0 Å². The molecule has 0 saturated carbocycles. The van der Waals surface area contributed by atoms with Gasteiger partial charge in [-0.15, -0.1) is 21.9 Å². The first-order valence-electron chi connectivity index (χ1n) is 19.2. The Hall–Kier alpha value is -7.79. The van der Waals surface area contributed by atoms with Crippen LogP contribution in [0.15, 0.2) is 91.4 Å². The van der Waals surface area contributed by atoms with Gasteiger partial charge in [-0.1, -0.05) is 60.7 Å². The topological polar surface area (TPSA) is 33.8 Å². The summed E-state index contributed by atoms with van der Waals surface area (Å²) in [6.45, 7) is 0.289. The molecule has 2 aliphatic rings. The lowest BCUT2D eigenvalue weighted by Gasteiger charge is -2.44. The van der Waals surface area contributed by atoms with E-state index in [2.05, 4.69) is 29.2 Å². The van der Waals surface area contributed by atoms with Crippen molar-refractivity contribution in [3.63, 3.8) is 0 Å². The fourth-order valence-corrected chi connectivity index (χ4v) is 7.87. The lowest BCUT2D eigenvalue weighted by Crippen LogP contribution is -2.81. The van der Waals surface area contributed by atoms with E-state index in [9.17, 15) is 57.5 Å². The van der Waals surface area contributed by atoms with Crippen molar-refractivity contribution >= 4 is 33.8 Å². The highest BCUT2D eigenvalue weighted by Crippen LogP contribution is 2.32. The summed E-state index contributed by atoms with van der Waals surface area (Å²) in [4.78, 5) is 16.8. The van der Waals surface area contributed by atoms with Crippen LogP contribution in [-0.2, 0) is 6.54 Å². The molecular formula is C46H17BF20N2O. The molecule has 0 unspecified atom stereocenters. The van der Waals surface area contributed by atoms with Gasteiger partial charge >= 0.3 is 0 Å². The fourth-order valence-electron chi connectivity index (χ4n) is 7.87. The second-order valence-corrected chi connectivity index (χ2v) is 14.7. The molecule has 0 aliphatic heterocycles. The molecule has 1 heterocycles. The van der Waals surface area contributed by atoms with Gasteiger partial charge in [0.05, 0.1) is 12.4 Å². The van der Waals surface area contributed by atoms with Crippen molar-refractivity contribution in [2.24, 2.45) is 0 Å². The molecule has 0 N–H and O–H groups in total. The van der Waals surface area contributed by atoms with Gasteiger partial charge in [0.2, 0.25) is 18.0 Å². The van der Waals surface area contributed by atoms with Crippen LogP contribution in [0.2, 0.25) is 0 Å². The van der Waals surface area contributed by atoms with E-state index >= 15 is 35.1 Å². The van der Waals surface area contributed by atoms with Gasteiger partial charge in [-0.2, -0.15) is 4.57 Å². The Labute approximate surface area is 377 Å². The highest BCUT2D eigenvalue weighted by Gasteiger charge is 2.52. The molecule has 5 aromatic carbocycles. The number of hydrogen-bond acceptors (Lipinski definition) is 2. The molecule has 360 valence electrons. The average Bonchev–Trinajstić information content (AvgIpc) is 3.63. The molecule has 0 saturated heterocycles. The van der Waals surface area contributed by atoms with Crippen molar-refractivity contribution in [2.45, 2.75) is 6.54 Å². The third kappa shape index (κ3) is 7.93. The molecule has 0 amide bonds. The Morgan fingerprint density at radius 3 is 0.986 bits per heavy atom. The summed E-state index contributed by atoms with van der Waals surface area (Å²) in [6, 6.07) is 23.9. The number of carbonyl (C=O) groups excluding carboxylic acids is 1. The zero-order valence-electron chi connectivity index (χ0n) is 33.8. The molecule has 1 aromatic heterocycles. The lowest BCUT2D eigenvalue weighted by molar-refractivity contribution is -0.672. The molecule has 24 heteroatoms. The van der Waals surface area contributed by atoms with E-state index in [1.807, 2.05) is 65.5 Å². The standard InChI is InChI=1S/C24BF20.C22H17N2O/c26-5-1(6(27)14(35)21(42)13(5)34)25(2-7(28)15(36)22(43)16(37)8(2)29,3-9(30)17(38)23(44)18(39)10(3)31)4-11(32)19(40)24(45)20(41)12(4)33;25-22(17-7-3-1-4-8-17)16-24-12-11-23-15-21(24)20-13-18-9-5-2-6-10-19(18)14-20/h;1-15H,16H2/q-1;+1. The maximum Gasteiger partial charge on any atom is 0.231 e. The maximum absolute atomic E-state index is 15.4. The number of fused-ring (bicyclic) bond motifs is 1. The van der Waals surface area contributed by atoms with Gasteiger partial charge < -0.3 is 0 Å². The van der Waals surface area contributed by atoms with Gasteiger partial charge in [-0.05, 0) is 23.3 Å². The molecular weight excluding hydrogens is 987 g/mol. The molecule has 0 bridgehead atoms. The van der Waals surface area contributed by atoms with Crippen LogP contribution >= 0.6 is 0 Å². The van der Waals surface area contributed by atoms with E-state index < -0.39 is 144 Å². The molecule has 2 aliphatic carbocycles. The van der Waals surface area contributed by atoms with Crippen molar-refractivity contribution in [3.05, 3.63) is 213 Å².